The molecule has 0 saturated heterocycles. The van der Waals surface area contributed by atoms with Gasteiger partial charge in [-0.05, 0) is 59.8 Å². The molecule has 0 amide bonds. The van der Waals surface area contributed by atoms with Crippen molar-refractivity contribution >= 4 is 11.8 Å². The highest BCUT2D eigenvalue weighted by Gasteiger charge is 2.61. The lowest BCUT2D eigenvalue weighted by Gasteiger charge is -2.42. The molecule has 4 unspecified atom stereocenters. The fourth-order valence-corrected chi connectivity index (χ4v) is 6.34. The molecule has 4 rings (SSSR count). The molecule has 1 N–H and O–H groups in total. The van der Waals surface area contributed by atoms with Crippen LogP contribution < -0.4 is 5.32 Å². The van der Waals surface area contributed by atoms with Gasteiger partial charge in [0.15, 0.2) is 0 Å². The van der Waals surface area contributed by atoms with Gasteiger partial charge in [-0.2, -0.15) is 0 Å². The van der Waals surface area contributed by atoms with Crippen LogP contribution in [0.25, 0.3) is 0 Å². The first-order valence-electron chi connectivity index (χ1n) is 8.50. The van der Waals surface area contributed by atoms with E-state index in [2.05, 4.69) is 50.4 Å². The fraction of sp³-hybridized carbons (Fsp3) is 0.684. The monoisotopic (exact) mass is 301 g/mol. The van der Waals surface area contributed by atoms with Crippen molar-refractivity contribution in [1.29, 1.82) is 0 Å². The standard InChI is InChI=1S/C19H27NS/c1-18(2)13-8-10-19(18,3)17(12-13)20-15-9-11-21-16-7-5-4-6-14(15)16/h4-7,13,15,17,20H,8-12H2,1-3H3. The van der Waals surface area contributed by atoms with E-state index in [1.54, 1.807) is 0 Å². The molecule has 114 valence electrons. The summed E-state index contributed by atoms with van der Waals surface area (Å²) in [4.78, 5) is 1.49. The maximum absolute atomic E-state index is 4.09. The third-order valence-electron chi connectivity index (χ3n) is 7.15. The van der Waals surface area contributed by atoms with Crippen molar-refractivity contribution in [3.63, 3.8) is 0 Å². The number of hydrogen-bond acceptors (Lipinski definition) is 2. The second kappa shape index (κ2) is 4.76. The van der Waals surface area contributed by atoms with Crippen molar-refractivity contribution in [3.05, 3.63) is 29.8 Å². The Balaban J connectivity index is 1.59. The third kappa shape index (κ3) is 1.95. The van der Waals surface area contributed by atoms with E-state index in [1.165, 1.54) is 41.9 Å². The molecule has 21 heavy (non-hydrogen) atoms. The van der Waals surface area contributed by atoms with Crippen LogP contribution in [0.4, 0.5) is 0 Å². The highest BCUT2D eigenvalue weighted by atomic mass is 32.2. The Morgan fingerprint density at radius 3 is 2.67 bits per heavy atom. The third-order valence-corrected chi connectivity index (χ3v) is 8.28. The normalized spacial score (nSPS) is 40.2. The molecule has 2 aliphatic carbocycles. The van der Waals surface area contributed by atoms with E-state index in [0.29, 0.717) is 22.9 Å². The van der Waals surface area contributed by atoms with Crippen molar-refractivity contribution in [1.82, 2.24) is 5.32 Å². The first-order chi connectivity index (χ1) is 10.0. The van der Waals surface area contributed by atoms with E-state index >= 15 is 0 Å². The van der Waals surface area contributed by atoms with Crippen molar-refractivity contribution in [2.24, 2.45) is 16.7 Å². The van der Waals surface area contributed by atoms with Crippen LogP contribution in [0.15, 0.2) is 29.2 Å². The van der Waals surface area contributed by atoms with Crippen molar-refractivity contribution in [2.75, 3.05) is 5.75 Å². The number of nitrogens with one attached hydrogen (secondary N) is 1. The number of thioether (sulfide) groups is 1. The molecule has 0 aromatic heterocycles. The summed E-state index contributed by atoms with van der Waals surface area (Å²) in [6.07, 6.45) is 5.51. The van der Waals surface area contributed by atoms with E-state index in [0.717, 1.165) is 5.92 Å². The highest BCUT2D eigenvalue weighted by molar-refractivity contribution is 7.99. The van der Waals surface area contributed by atoms with Crippen LogP contribution >= 0.6 is 11.8 Å². The summed E-state index contributed by atoms with van der Waals surface area (Å²) in [5.74, 6) is 2.18. The lowest BCUT2D eigenvalue weighted by molar-refractivity contribution is 0.114. The Labute approximate surface area is 133 Å². The maximum atomic E-state index is 4.09. The average Bonchev–Trinajstić information content (AvgIpc) is 2.81. The maximum Gasteiger partial charge on any atom is 0.0341 e. The van der Waals surface area contributed by atoms with E-state index in [9.17, 15) is 0 Å². The fourth-order valence-electron chi connectivity index (χ4n) is 5.21. The van der Waals surface area contributed by atoms with Crippen molar-refractivity contribution < 1.29 is 0 Å². The Morgan fingerprint density at radius 2 is 1.95 bits per heavy atom. The first kappa shape index (κ1) is 14.1. The van der Waals surface area contributed by atoms with Crippen LogP contribution in [-0.2, 0) is 0 Å². The number of hydrogen-bond donors (Lipinski definition) is 1. The van der Waals surface area contributed by atoms with Gasteiger partial charge in [-0.15, -0.1) is 11.8 Å². The van der Waals surface area contributed by atoms with Crippen LogP contribution in [0.1, 0.15) is 58.1 Å². The number of benzene rings is 1. The van der Waals surface area contributed by atoms with Crippen LogP contribution in [0, 0.1) is 16.7 Å². The topological polar surface area (TPSA) is 12.0 Å². The summed E-state index contributed by atoms with van der Waals surface area (Å²) >= 11 is 2.02. The summed E-state index contributed by atoms with van der Waals surface area (Å²) in [6, 6.07) is 10.3. The van der Waals surface area contributed by atoms with E-state index < -0.39 is 0 Å². The van der Waals surface area contributed by atoms with Gasteiger partial charge >= 0.3 is 0 Å². The molecule has 1 aromatic rings. The van der Waals surface area contributed by atoms with Gasteiger partial charge in [0, 0.05) is 17.0 Å². The molecule has 0 radical (unpaired) electrons. The number of rotatable bonds is 2. The summed E-state index contributed by atoms with van der Waals surface area (Å²) in [5.41, 5.74) is 2.53. The Bertz CT molecular complexity index is 552. The number of fused-ring (bicyclic) bond motifs is 3. The van der Waals surface area contributed by atoms with E-state index in [-0.39, 0.29) is 0 Å². The van der Waals surface area contributed by atoms with Gasteiger partial charge in [-0.1, -0.05) is 39.0 Å². The molecule has 0 spiro atoms. The van der Waals surface area contributed by atoms with E-state index in [4.69, 9.17) is 0 Å². The van der Waals surface area contributed by atoms with Gasteiger partial charge in [-0.25, -0.2) is 0 Å². The molecule has 1 heterocycles. The second-order valence-corrected chi connectivity index (χ2v) is 9.19. The molecule has 2 fully saturated rings. The first-order valence-corrected chi connectivity index (χ1v) is 9.49. The van der Waals surface area contributed by atoms with Crippen LogP contribution in [-0.4, -0.2) is 11.8 Å². The average molecular weight is 301 g/mol. The largest absolute Gasteiger partial charge is 0.307 e. The minimum Gasteiger partial charge on any atom is -0.307 e. The van der Waals surface area contributed by atoms with Gasteiger partial charge < -0.3 is 5.32 Å². The molecule has 1 aromatic carbocycles. The zero-order chi connectivity index (χ0) is 14.7. The Morgan fingerprint density at radius 1 is 1.14 bits per heavy atom. The lowest BCUT2D eigenvalue weighted by Crippen LogP contribution is -2.46. The second-order valence-electron chi connectivity index (χ2n) is 8.06. The van der Waals surface area contributed by atoms with Crippen molar-refractivity contribution in [2.45, 2.75) is 63.4 Å². The molecule has 2 heteroatoms. The molecule has 2 saturated carbocycles. The van der Waals surface area contributed by atoms with Crippen LogP contribution in [0.2, 0.25) is 0 Å². The van der Waals surface area contributed by atoms with Gasteiger partial charge in [0.1, 0.15) is 0 Å². The van der Waals surface area contributed by atoms with Gasteiger partial charge in [0.2, 0.25) is 0 Å². The summed E-state index contributed by atoms with van der Waals surface area (Å²) in [7, 11) is 0. The molecular formula is C19H27NS. The van der Waals surface area contributed by atoms with Crippen molar-refractivity contribution in [3.8, 4) is 0 Å². The zero-order valence-corrected chi connectivity index (χ0v) is 14.3. The molecular weight excluding hydrogens is 274 g/mol. The van der Waals surface area contributed by atoms with Gasteiger partial charge in [0.25, 0.3) is 0 Å². The summed E-state index contributed by atoms with van der Waals surface area (Å²) in [5, 5.41) is 4.09. The highest BCUT2D eigenvalue weighted by Crippen LogP contribution is 2.65. The van der Waals surface area contributed by atoms with E-state index in [1.807, 2.05) is 11.8 Å². The molecule has 2 bridgehead atoms. The summed E-state index contributed by atoms with van der Waals surface area (Å²) < 4.78 is 0. The predicted molar refractivity (Wildman–Crippen MR) is 90.7 cm³/mol. The minimum absolute atomic E-state index is 0.483. The minimum atomic E-state index is 0.483. The van der Waals surface area contributed by atoms with Gasteiger partial charge in [0.05, 0.1) is 0 Å². The summed E-state index contributed by atoms with van der Waals surface area (Å²) in [6.45, 7) is 7.56. The lowest BCUT2D eigenvalue weighted by atomic mass is 9.69. The molecule has 1 nitrogen and oxygen atoms in total. The zero-order valence-electron chi connectivity index (χ0n) is 13.5. The molecule has 3 aliphatic rings. The Kier molecular flexibility index (Phi) is 3.21. The van der Waals surface area contributed by atoms with Crippen LogP contribution in [0.3, 0.4) is 0 Å². The molecule has 1 aliphatic heterocycles. The Hall–Kier alpha value is -0.470. The van der Waals surface area contributed by atoms with Crippen LogP contribution in [0.5, 0.6) is 0 Å². The predicted octanol–water partition coefficient (Wildman–Crippen LogP) is 5.03. The smallest absolute Gasteiger partial charge is 0.0341 e. The van der Waals surface area contributed by atoms with Gasteiger partial charge in [-0.3, -0.25) is 0 Å². The SMILES string of the molecule is CC1(C)C2CCC1(C)C(NC1CCSc3ccccc31)C2. The molecule has 4 atom stereocenters. The quantitative estimate of drug-likeness (QED) is 0.822.